The Balaban J connectivity index is 1.83. The molecule has 20 heavy (non-hydrogen) atoms. The molecule has 1 aromatic carbocycles. The highest BCUT2D eigenvalue weighted by Crippen LogP contribution is 2.35. The maximum absolute atomic E-state index is 5.44. The molecule has 1 aromatic rings. The lowest BCUT2D eigenvalue weighted by atomic mass is 9.93. The van der Waals surface area contributed by atoms with Gasteiger partial charge in [-0.1, -0.05) is 6.07 Å². The van der Waals surface area contributed by atoms with Gasteiger partial charge in [-0.25, -0.2) is 0 Å². The van der Waals surface area contributed by atoms with E-state index in [9.17, 15) is 0 Å². The summed E-state index contributed by atoms with van der Waals surface area (Å²) in [5.74, 6) is 1.68. The maximum atomic E-state index is 5.44. The standard InChI is InChI=1S/C16H25NO3/c1-16(2,17-9-5-4-6-10-18-3)13-7-8-14-15(11-13)20-12-19-14/h7-8,11,17H,4-6,9-10,12H2,1-3H3. The van der Waals surface area contributed by atoms with Crippen molar-refractivity contribution in [2.45, 2.75) is 38.6 Å². The minimum Gasteiger partial charge on any atom is -0.454 e. The first-order chi connectivity index (χ1) is 9.63. The number of hydrogen-bond donors (Lipinski definition) is 1. The average Bonchev–Trinajstić information content (AvgIpc) is 2.90. The largest absolute Gasteiger partial charge is 0.454 e. The summed E-state index contributed by atoms with van der Waals surface area (Å²) in [4.78, 5) is 0. The van der Waals surface area contributed by atoms with Gasteiger partial charge in [0.1, 0.15) is 0 Å². The molecule has 0 bridgehead atoms. The summed E-state index contributed by atoms with van der Waals surface area (Å²) in [6.45, 7) is 6.57. The summed E-state index contributed by atoms with van der Waals surface area (Å²) in [6.07, 6.45) is 3.48. The van der Waals surface area contributed by atoms with E-state index in [1.807, 2.05) is 6.07 Å². The Hall–Kier alpha value is -1.26. The first kappa shape index (κ1) is 15.1. The first-order valence-electron chi connectivity index (χ1n) is 7.27. The molecule has 0 aliphatic carbocycles. The van der Waals surface area contributed by atoms with Crippen molar-refractivity contribution in [2.24, 2.45) is 0 Å². The molecule has 1 N–H and O–H groups in total. The van der Waals surface area contributed by atoms with Crippen molar-refractivity contribution < 1.29 is 14.2 Å². The van der Waals surface area contributed by atoms with Gasteiger partial charge >= 0.3 is 0 Å². The van der Waals surface area contributed by atoms with Crippen LogP contribution in [0.2, 0.25) is 0 Å². The fourth-order valence-corrected chi connectivity index (χ4v) is 2.34. The predicted molar refractivity (Wildman–Crippen MR) is 79.3 cm³/mol. The van der Waals surface area contributed by atoms with Gasteiger partial charge in [0, 0.05) is 19.3 Å². The Labute approximate surface area is 121 Å². The van der Waals surface area contributed by atoms with Crippen molar-refractivity contribution in [3.63, 3.8) is 0 Å². The molecule has 4 heteroatoms. The average molecular weight is 279 g/mol. The Morgan fingerprint density at radius 1 is 1.15 bits per heavy atom. The minimum atomic E-state index is -0.0672. The summed E-state index contributed by atoms with van der Waals surface area (Å²) < 4.78 is 15.8. The molecule has 0 radical (unpaired) electrons. The molecular weight excluding hydrogens is 254 g/mol. The Bertz CT molecular complexity index is 432. The van der Waals surface area contributed by atoms with Gasteiger partial charge in [0.05, 0.1) is 0 Å². The molecular formula is C16H25NO3. The number of hydrogen-bond acceptors (Lipinski definition) is 4. The lowest BCUT2D eigenvalue weighted by molar-refractivity contribution is 0.174. The summed E-state index contributed by atoms with van der Waals surface area (Å²) in [5, 5.41) is 3.61. The van der Waals surface area contributed by atoms with E-state index in [1.165, 1.54) is 12.0 Å². The number of rotatable bonds is 8. The number of methoxy groups -OCH3 is 1. The quantitative estimate of drug-likeness (QED) is 0.742. The van der Waals surface area contributed by atoms with Crippen LogP contribution in [0.15, 0.2) is 18.2 Å². The van der Waals surface area contributed by atoms with Gasteiger partial charge in [0.2, 0.25) is 6.79 Å². The van der Waals surface area contributed by atoms with Gasteiger partial charge in [0.15, 0.2) is 11.5 Å². The fraction of sp³-hybridized carbons (Fsp3) is 0.625. The second-order valence-corrected chi connectivity index (χ2v) is 5.67. The second-order valence-electron chi connectivity index (χ2n) is 5.67. The first-order valence-corrected chi connectivity index (χ1v) is 7.27. The zero-order chi connectivity index (χ0) is 14.4. The molecule has 1 heterocycles. The number of ether oxygens (including phenoxy) is 3. The molecule has 0 atom stereocenters. The topological polar surface area (TPSA) is 39.7 Å². The van der Waals surface area contributed by atoms with E-state index in [0.717, 1.165) is 37.5 Å². The van der Waals surface area contributed by atoms with E-state index in [4.69, 9.17) is 14.2 Å². The van der Waals surface area contributed by atoms with Gasteiger partial charge in [-0.15, -0.1) is 0 Å². The molecule has 0 fully saturated rings. The third-order valence-corrected chi connectivity index (χ3v) is 3.69. The van der Waals surface area contributed by atoms with E-state index in [0.29, 0.717) is 6.79 Å². The molecule has 2 rings (SSSR count). The van der Waals surface area contributed by atoms with Crippen molar-refractivity contribution in [3.8, 4) is 11.5 Å². The van der Waals surface area contributed by atoms with E-state index >= 15 is 0 Å². The summed E-state index contributed by atoms with van der Waals surface area (Å²) in [5.41, 5.74) is 1.15. The number of unbranched alkanes of at least 4 members (excludes halogenated alkanes) is 2. The highest BCUT2D eigenvalue weighted by molar-refractivity contribution is 5.46. The molecule has 1 aliphatic heterocycles. The highest BCUT2D eigenvalue weighted by Gasteiger charge is 2.23. The van der Waals surface area contributed by atoms with Crippen LogP contribution in [0, 0.1) is 0 Å². The molecule has 0 saturated heterocycles. The zero-order valence-electron chi connectivity index (χ0n) is 12.7. The van der Waals surface area contributed by atoms with E-state index in [2.05, 4.69) is 31.3 Å². The number of nitrogens with one attached hydrogen (secondary N) is 1. The van der Waals surface area contributed by atoms with Crippen LogP contribution in [0.1, 0.15) is 38.7 Å². The van der Waals surface area contributed by atoms with Gasteiger partial charge in [-0.3, -0.25) is 0 Å². The normalized spacial score (nSPS) is 13.8. The van der Waals surface area contributed by atoms with Gasteiger partial charge in [0.25, 0.3) is 0 Å². The minimum absolute atomic E-state index is 0.0672. The molecule has 4 nitrogen and oxygen atoms in total. The Kier molecular flexibility index (Phi) is 5.26. The van der Waals surface area contributed by atoms with Crippen molar-refractivity contribution >= 4 is 0 Å². The molecule has 0 spiro atoms. The van der Waals surface area contributed by atoms with Crippen LogP contribution in [0.3, 0.4) is 0 Å². The van der Waals surface area contributed by atoms with Crippen LogP contribution < -0.4 is 14.8 Å². The van der Waals surface area contributed by atoms with Crippen LogP contribution in [0.25, 0.3) is 0 Å². The van der Waals surface area contributed by atoms with Crippen LogP contribution in [-0.4, -0.2) is 27.1 Å². The predicted octanol–water partition coefficient (Wildman–Crippen LogP) is 3.06. The third kappa shape index (κ3) is 3.87. The molecule has 1 aliphatic rings. The molecule has 0 amide bonds. The van der Waals surface area contributed by atoms with Crippen molar-refractivity contribution in [1.29, 1.82) is 0 Å². The van der Waals surface area contributed by atoms with Crippen LogP contribution in [0.4, 0.5) is 0 Å². The Morgan fingerprint density at radius 3 is 2.75 bits per heavy atom. The lowest BCUT2D eigenvalue weighted by Gasteiger charge is -2.27. The maximum Gasteiger partial charge on any atom is 0.231 e. The van der Waals surface area contributed by atoms with E-state index in [-0.39, 0.29) is 5.54 Å². The second kappa shape index (κ2) is 6.95. The van der Waals surface area contributed by atoms with Crippen molar-refractivity contribution in [1.82, 2.24) is 5.32 Å². The van der Waals surface area contributed by atoms with Crippen LogP contribution in [0.5, 0.6) is 11.5 Å². The van der Waals surface area contributed by atoms with Crippen LogP contribution >= 0.6 is 0 Å². The number of fused-ring (bicyclic) bond motifs is 1. The molecule has 0 saturated carbocycles. The summed E-state index contributed by atoms with van der Waals surface area (Å²) >= 11 is 0. The highest BCUT2D eigenvalue weighted by atomic mass is 16.7. The lowest BCUT2D eigenvalue weighted by Crippen LogP contribution is -2.37. The molecule has 0 unspecified atom stereocenters. The van der Waals surface area contributed by atoms with Crippen molar-refractivity contribution in [3.05, 3.63) is 23.8 Å². The van der Waals surface area contributed by atoms with Gasteiger partial charge < -0.3 is 19.5 Å². The fourth-order valence-electron chi connectivity index (χ4n) is 2.34. The molecule has 0 aromatic heterocycles. The van der Waals surface area contributed by atoms with Crippen LogP contribution in [-0.2, 0) is 10.3 Å². The zero-order valence-corrected chi connectivity index (χ0v) is 12.7. The monoisotopic (exact) mass is 279 g/mol. The summed E-state index contributed by atoms with van der Waals surface area (Å²) in [6, 6.07) is 6.16. The van der Waals surface area contributed by atoms with Gasteiger partial charge in [-0.05, 0) is 57.4 Å². The van der Waals surface area contributed by atoms with E-state index in [1.54, 1.807) is 7.11 Å². The number of benzene rings is 1. The van der Waals surface area contributed by atoms with Gasteiger partial charge in [-0.2, -0.15) is 0 Å². The van der Waals surface area contributed by atoms with E-state index < -0.39 is 0 Å². The summed E-state index contributed by atoms with van der Waals surface area (Å²) in [7, 11) is 1.75. The third-order valence-electron chi connectivity index (χ3n) is 3.69. The smallest absolute Gasteiger partial charge is 0.231 e. The molecule has 112 valence electrons. The Morgan fingerprint density at radius 2 is 1.95 bits per heavy atom. The SMILES string of the molecule is COCCCCCNC(C)(C)c1ccc2c(c1)OCO2. The van der Waals surface area contributed by atoms with Crippen molar-refractivity contribution in [2.75, 3.05) is 27.1 Å².